The molecule has 3 rings (SSSR count). The Labute approximate surface area is 99.1 Å². The molecule has 0 aromatic rings. The highest BCUT2D eigenvalue weighted by Gasteiger charge is 2.38. The maximum absolute atomic E-state index is 3.87. The van der Waals surface area contributed by atoms with Crippen molar-refractivity contribution in [3.8, 4) is 0 Å². The van der Waals surface area contributed by atoms with Crippen molar-refractivity contribution >= 4 is 0 Å². The Hall–Kier alpha value is -0.340. The predicted octanol–water partition coefficient (Wildman–Crippen LogP) is 2.31. The van der Waals surface area contributed by atoms with Gasteiger partial charge in [0, 0.05) is 30.7 Å². The monoisotopic (exact) mass is 220 g/mol. The van der Waals surface area contributed by atoms with Crippen LogP contribution in [0.1, 0.15) is 45.4 Å². The molecule has 3 unspecified atom stereocenters. The molecule has 3 atom stereocenters. The van der Waals surface area contributed by atoms with Crippen molar-refractivity contribution < 1.29 is 0 Å². The van der Waals surface area contributed by atoms with E-state index in [-0.39, 0.29) is 0 Å². The highest BCUT2D eigenvalue weighted by molar-refractivity contribution is 4.99. The zero-order valence-electron chi connectivity index (χ0n) is 10.4. The lowest BCUT2D eigenvalue weighted by atomic mass is 10.0. The topological polar surface area (TPSA) is 15.3 Å². The molecule has 0 bridgehead atoms. The van der Waals surface area contributed by atoms with Crippen LogP contribution in [0.2, 0.25) is 0 Å². The third-order valence-electron chi connectivity index (χ3n) is 4.38. The summed E-state index contributed by atoms with van der Waals surface area (Å²) in [5, 5.41) is 3.87. The second-order valence-corrected chi connectivity index (χ2v) is 5.86. The van der Waals surface area contributed by atoms with Crippen LogP contribution in [0.3, 0.4) is 0 Å². The summed E-state index contributed by atoms with van der Waals surface area (Å²) in [6.07, 6.45) is 12.8. The Morgan fingerprint density at radius 1 is 1.12 bits per heavy atom. The van der Waals surface area contributed by atoms with Crippen LogP contribution in [0.5, 0.6) is 0 Å². The number of hydrogen-bond donors (Lipinski definition) is 1. The molecule has 16 heavy (non-hydrogen) atoms. The average molecular weight is 220 g/mol. The van der Waals surface area contributed by atoms with Gasteiger partial charge in [0.25, 0.3) is 0 Å². The molecule has 0 amide bonds. The molecule has 0 aromatic heterocycles. The van der Waals surface area contributed by atoms with E-state index in [1.807, 2.05) is 0 Å². The summed E-state index contributed by atoms with van der Waals surface area (Å²) in [6.45, 7) is 3.70. The fourth-order valence-electron chi connectivity index (χ4n) is 3.37. The van der Waals surface area contributed by atoms with Crippen molar-refractivity contribution in [3.63, 3.8) is 0 Å². The van der Waals surface area contributed by atoms with Crippen LogP contribution in [-0.4, -0.2) is 35.6 Å². The van der Waals surface area contributed by atoms with Crippen molar-refractivity contribution in [2.75, 3.05) is 6.54 Å². The molecule has 3 aliphatic rings. The van der Waals surface area contributed by atoms with Crippen molar-refractivity contribution in [1.29, 1.82) is 0 Å². The van der Waals surface area contributed by atoms with Gasteiger partial charge in [-0.1, -0.05) is 12.2 Å². The first-order valence-electron chi connectivity index (χ1n) is 6.99. The third kappa shape index (κ3) is 2.33. The van der Waals surface area contributed by atoms with Gasteiger partial charge in [-0.15, -0.1) is 0 Å². The summed E-state index contributed by atoms with van der Waals surface area (Å²) < 4.78 is 0. The van der Waals surface area contributed by atoms with Gasteiger partial charge in [-0.25, -0.2) is 0 Å². The summed E-state index contributed by atoms with van der Waals surface area (Å²) in [7, 11) is 0. The molecule has 0 radical (unpaired) electrons. The van der Waals surface area contributed by atoms with E-state index in [0.717, 1.165) is 24.2 Å². The Kier molecular flexibility index (Phi) is 3.03. The molecule has 1 heterocycles. The number of likely N-dealkylation sites (tertiary alicyclic amines) is 1. The summed E-state index contributed by atoms with van der Waals surface area (Å²) in [6, 6.07) is 3.26. The van der Waals surface area contributed by atoms with Crippen LogP contribution in [0.15, 0.2) is 12.2 Å². The number of nitrogens with one attached hydrogen (secondary N) is 1. The lowest BCUT2D eigenvalue weighted by Crippen LogP contribution is -2.40. The molecule has 1 saturated carbocycles. The van der Waals surface area contributed by atoms with Crippen LogP contribution in [0.4, 0.5) is 0 Å². The number of allylic oxidation sites excluding steroid dienone is 1. The number of hydrogen-bond acceptors (Lipinski definition) is 2. The van der Waals surface area contributed by atoms with E-state index in [1.54, 1.807) is 0 Å². The van der Waals surface area contributed by atoms with E-state index in [9.17, 15) is 0 Å². The summed E-state index contributed by atoms with van der Waals surface area (Å²) in [5.41, 5.74) is 0. The first-order valence-corrected chi connectivity index (χ1v) is 6.99. The highest BCUT2D eigenvalue weighted by Crippen LogP contribution is 2.33. The molecule has 2 aliphatic carbocycles. The summed E-state index contributed by atoms with van der Waals surface area (Å²) in [5.74, 6) is 0. The molecule has 2 nitrogen and oxygen atoms in total. The van der Waals surface area contributed by atoms with Crippen molar-refractivity contribution in [1.82, 2.24) is 10.2 Å². The van der Waals surface area contributed by atoms with Crippen molar-refractivity contribution in [3.05, 3.63) is 12.2 Å². The van der Waals surface area contributed by atoms with Gasteiger partial charge in [0.1, 0.15) is 0 Å². The minimum atomic E-state index is 0.751. The fraction of sp³-hybridized carbons (Fsp3) is 0.857. The molecule has 1 aliphatic heterocycles. The zero-order valence-corrected chi connectivity index (χ0v) is 10.4. The molecule has 0 spiro atoms. The second kappa shape index (κ2) is 4.50. The lowest BCUT2D eigenvalue weighted by Gasteiger charge is -2.24. The quantitative estimate of drug-likeness (QED) is 0.734. The Bertz CT molecular complexity index is 270. The second-order valence-electron chi connectivity index (χ2n) is 5.86. The zero-order chi connectivity index (χ0) is 11.0. The van der Waals surface area contributed by atoms with E-state index in [2.05, 4.69) is 29.3 Å². The Morgan fingerprint density at radius 2 is 2.00 bits per heavy atom. The van der Waals surface area contributed by atoms with Gasteiger partial charge in [-0.2, -0.15) is 0 Å². The molecule has 2 fully saturated rings. The van der Waals surface area contributed by atoms with Gasteiger partial charge >= 0.3 is 0 Å². The van der Waals surface area contributed by atoms with Gasteiger partial charge in [0.15, 0.2) is 0 Å². The van der Waals surface area contributed by atoms with Crippen LogP contribution >= 0.6 is 0 Å². The minimum absolute atomic E-state index is 0.751. The molecular formula is C14H24N2. The Balaban J connectivity index is 1.50. The van der Waals surface area contributed by atoms with Crippen molar-refractivity contribution in [2.45, 2.75) is 69.6 Å². The molecule has 1 N–H and O–H groups in total. The van der Waals surface area contributed by atoms with Gasteiger partial charge in [-0.05, 0) is 45.4 Å². The van der Waals surface area contributed by atoms with Gasteiger partial charge in [0.2, 0.25) is 0 Å². The van der Waals surface area contributed by atoms with E-state index < -0.39 is 0 Å². The highest BCUT2D eigenvalue weighted by atomic mass is 15.3. The van der Waals surface area contributed by atoms with Crippen molar-refractivity contribution in [2.24, 2.45) is 0 Å². The van der Waals surface area contributed by atoms with Crippen LogP contribution < -0.4 is 5.32 Å². The maximum atomic E-state index is 3.87. The SMILES string of the molecule is CC1CC(NC2CC=CCC2)CN1C1CC1. The van der Waals surface area contributed by atoms with Gasteiger partial charge in [-0.3, -0.25) is 4.90 Å². The van der Waals surface area contributed by atoms with E-state index in [1.165, 1.54) is 45.1 Å². The first kappa shape index (κ1) is 10.8. The van der Waals surface area contributed by atoms with Crippen LogP contribution in [0.25, 0.3) is 0 Å². The molecule has 0 aromatic carbocycles. The smallest absolute Gasteiger partial charge is 0.0212 e. The standard InChI is InChI=1S/C14H24N2/c1-11-9-13(10-16(11)14-7-8-14)15-12-5-3-2-4-6-12/h2-3,11-15H,4-10H2,1H3. The predicted molar refractivity (Wildman–Crippen MR) is 67.5 cm³/mol. The maximum Gasteiger partial charge on any atom is 0.0212 e. The van der Waals surface area contributed by atoms with Crippen LogP contribution in [-0.2, 0) is 0 Å². The minimum Gasteiger partial charge on any atom is -0.310 e. The van der Waals surface area contributed by atoms with E-state index in [0.29, 0.717) is 0 Å². The van der Waals surface area contributed by atoms with Gasteiger partial charge < -0.3 is 5.32 Å². The third-order valence-corrected chi connectivity index (χ3v) is 4.38. The first-order chi connectivity index (χ1) is 7.83. The van der Waals surface area contributed by atoms with E-state index >= 15 is 0 Å². The largest absolute Gasteiger partial charge is 0.310 e. The summed E-state index contributed by atoms with van der Waals surface area (Å²) in [4.78, 5) is 2.73. The molecule has 1 saturated heterocycles. The lowest BCUT2D eigenvalue weighted by molar-refractivity contribution is 0.253. The Morgan fingerprint density at radius 3 is 2.69 bits per heavy atom. The summed E-state index contributed by atoms with van der Waals surface area (Å²) >= 11 is 0. The number of nitrogens with zero attached hydrogens (tertiary/aromatic N) is 1. The average Bonchev–Trinajstić information content (AvgIpc) is 3.06. The van der Waals surface area contributed by atoms with E-state index in [4.69, 9.17) is 0 Å². The van der Waals surface area contributed by atoms with Crippen LogP contribution in [0, 0.1) is 0 Å². The molecule has 2 heteroatoms. The normalized spacial score (nSPS) is 40.4. The molecule has 90 valence electrons. The fourth-order valence-corrected chi connectivity index (χ4v) is 3.37. The number of rotatable bonds is 3. The molecular weight excluding hydrogens is 196 g/mol. The van der Waals surface area contributed by atoms with Gasteiger partial charge in [0.05, 0.1) is 0 Å².